The maximum absolute atomic E-state index is 11.4. The summed E-state index contributed by atoms with van der Waals surface area (Å²) in [6.07, 6.45) is 1.11. The normalized spacial score (nSPS) is 31.8. The van der Waals surface area contributed by atoms with Gasteiger partial charge in [0.05, 0.1) is 12.1 Å². The number of amides is 1. The van der Waals surface area contributed by atoms with E-state index in [4.69, 9.17) is 10.5 Å². The SMILES string of the molecule is COC1CC(NC(=O)C(C)N)C1(C)C. The number of hydrogen-bond donors (Lipinski definition) is 2. The van der Waals surface area contributed by atoms with Crippen molar-refractivity contribution in [1.82, 2.24) is 5.32 Å². The highest BCUT2D eigenvalue weighted by Crippen LogP contribution is 2.42. The molecule has 3 N–H and O–H groups in total. The zero-order valence-electron chi connectivity index (χ0n) is 9.33. The smallest absolute Gasteiger partial charge is 0.236 e. The Hall–Kier alpha value is -0.610. The molecule has 1 amide bonds. The van der Waals surface area contributed by atoms with Crippen LogP contribution in [0.5, 0.6) is 0 Å². The van der Waals surface area contributed by atoms with Crippen molar-refractivity contribution in [2.24, 2.45) is 11.1 Å². The minimum Gasteiger partial charge on any atom is -0.381 e. The summed E-state index contributed by atoms with van der Waals surface area (Å²) in [4.78, 5) is 11.4. The lowest BCUT2D eigenvalue weighted by Gasteiger charge is -2.51. The lowest BCUT2D eigenvalue weighted by Crippen LogP contribution is -2.63. The fourth-order valence-electron chi connectivity index (χ4n) is 1.83. The summed E-state index contributed by atoms with van der Waals surface area (Å²) in [5, 5.41) is 2.93. The Morgan fingerprint density at radius 1 is 1.64 bits per heavy atom. The van der Waals surface area contributed by atoms with Gasteiger partial charge in [-0.05, 0) is 13.3 Å². The highest BCUT2D eigenvalue weighted by Gasteiger charge is 2.49. The number of rotatable bonds is 3. The Morgan fingerprint density at radius 3 is 2.57 bits per heavy atom. The molecule has 1 aliphatic rings. The third-order valence-corrected chi connectivity index (χ3v) is 3.19. The van der Waals surface area contributed by atoms with Gasteiger partial charge in [0, 0.05) is 18.6 Å². The molecule has 0 bridgehead atoms. The maximum atomic E-state index is 11.4. The Labute approximate surface area is 85.2 Å². The van der Waals surface area contributed by atoms with E-state index in [-0.39, 0.29) is 23.5 Å². The standard InChI is InChI=1S/C10H20N2O2/c1-6(11)9(13)12-7-5-8(14-4)10(7,2)3/h6-8H,5,11H2,1-4H3,(H,12,13). The summed E-state index contributed by atoms with van der Waals surface area (Å²) in [6, 6.07) is -0.252. The molecular weight excluding hydrogens is 180 g/mol. The van der Waals surface area contributed by atoms with Gasteiger partial charge >= 0.3 is 0 Å². The zero-order valence-corrected chi connectivity index (χ0v) is 9.33. The van der Waals surface area contributed by atoms with Crippen molar-refractivity contribution in [3.05, 3.63) is 0 Å². The number of methoxy groups -OCH3 is 1. The third kappa shape index (κ3) is 1.91. The lowest BCUT2D eigenvalue weighted by molar-refractivity contribution is -0.133. The Kier molecular flexibility index (Phi) is 3.17. The summed E-state index contributed by atoms with van der Waals surface area (Å²) in [5.74, 6) is -0.0855. The molecule has 4 nitrogen and oxygen atoms in total. The van der Waals surface area contributed by atoms with E-state index in [0.29, 0.717) is 0 Å². The summed E-state index contributed by atoms with van der Waals surface area (Å²) < 4.78 is 5.29. The van der Waals surface area contributed by atoms with Crippen molar-refractivity contribution >= 4 is 5.91 Å². The summed E-state index contributed by atoms with van der Waals surface area (Å²) in [7, 11) is 1.70. The van der Waals surface area contributed by atoms with E-state index in [1.54, 1.807) is 14.0 Å². The summed E-state index contributed by atoms with van der Waals surface area (Å²) >= 11 is 0. The quantitative estimate of drug-likeness (QED) is 0.687. The topological polar surface area (TPSA) is 64.3 Å². The monoisotopic (exact) mass is 200 g/mol. The van der Waals surface area contributed by atoms with Gasteiger partial charge in [0.25, 0.3) is 0 Å². The molecule has 3 atom stereocenters. The van der Waals surface area contributed by atoms with E-state index in [9.17, 15) is 4.79 Å². The third-order valence-electron chi connectivity index (χ3n) is 3.19. The van der Waals surface area contributed by atoms with E-state index in [1.807, 2.05) is 0 Å². The Morgan fingerprint density at radius 2 is 2.21 bits per heavy atom. The molecule has 1 rings (SSSR count). The van der Waals surface area contributed by atoms with Crippen LogP contribution in [0.2, 0.25) is 0 Å². The van der Waals surface area contributed by atoms with Crippen LogP contribution >= 0.6 is 0 Å². The van der Waals surface area contributed by atoms with Gasteiger partial charge < -0.3 is 15.8 Å². The van der Waals surface area contributed by atoms with Crippen LogP contribution in [0.3, 0.4) is 0 Å². The number of ether oxygens (including phenoxy) is 1. The van der Waals surface area contributed by atoms with E-state index in [0.717, 1.165) is 6.42 Å². The van der Waals surface area contributed by atoms with Gasteiger partial charge in [-0.25, -0.2) is 0 Å². The molecule has 1 aliphatic carbocycles. The van der Waals surface area contributed by atoms with Crippen LogP contribution in [0.4, 0.5) is 0 Å². The van der Waals surface area contributed by atoms with E-state index in [1.165, 1.54) is 0 Å². The molecule has 0 aromatic rings. The first kappa shape index (κ1) is 11.5. The van der Waals surface area contributed by atoms with Crippen LogP contribution in [0.25, 0.3) is 0 Å². The van der Waals surface area contributed by atoms with Crippen LogP contribution < -0.4 is 11.1 Å². The van der Waals surface area contributed by atoms with Gasteiger partial charge in [0.1, 0.15) is 0 Å². The van der Waals surface area contributed by atoms with Crippen molar-refractivity contribution in [2.45, 2.75) is 45.4 Å². The first-order valence-corrected chi connectivity index (χ1v) is 4.98. The fraction of sp³-hybridized carbons (Fsp3) is 0.900. The van der Waals surface area contributed by atoms with Crippen molar-refractivity contribution < 1.29 is 9.53 Å². The molecular formula is C10H20N2O2. The van der Waals surface area contributed by atoms with E-state index in [2.05, 4.69) is 19.2 Å². The second-order valence-electron chi connectivity index (χ2n) is 4.63. The fourth-order valence-corrected chi connectivity index (χ4v) is 1.83. The van der Waals surface area contributed by atoms with Crippen molar-refractivity contribution in [3.63, 3.8) is 0 Å². The van der Waals surface area contributed by atoms with Gasteiger partial charge in [0.15, 0.2) is 0 Å². The maximum Gasteiger partial charge on any atom is 0.236 e. The predicted molar refractivity (Wildman–Crippen MR) is 54.8 cm³/mol. The average molecular weight is 200 g/mol. The first-order chi connectivity index (χ1) is 6.39. The molecule has 0 radical (unpaired) electrons. The Balaban J connectivity index is 2.47. The molecule has 14 heavy (non-hydrogen) atoms. The van der Waals surface area contributed by atoms with Gasteiger partial charge in [-0.3, -0.25) is 4.79 Å². The number of nitrogens with one attached hydrogen (secondary N) is 1. The van der Waals surface area contributed by atoms with Crippen molar-refractivity contribution in [1.29, 1.82) is 0 Å². The van der Waals surface area contributed by atoms with Gasteiger partial charge in [-0.1, -0.05) is 13.8 Å². The largest absolute Gasteiger partial charge is 0.381 e. The average Bonchev–Trinajstić information content (AvgIpc) is 2.10. The minimum absolute atomic E-state index is 0.0132. The molecule has 0 aromatic carbocycles. The van der Waals surface area contributed by atoms with Crippen LogP contribution in [-0.4, -0.2) is 31.2 Å². The van der Waals surface area contributed by atoms with Crippen molar-refractivity contribution in [3.8, 4) is 0 Å². The molecule has 0 spiro atoms. The minimum atomic E-state index is -0.438. The molecule has 82 valence electrons. The van der Waals surface area contributed by atoms with Crippen LogP contribution in [0.15, 0.2) is 0 Å². The molecule has 3 unspecified atom stereocenters. The van der Waals surface area contributed by atoms with Gasteiger partial charge in [0.2, 0.25) is 5.91 Å². The number of carbonyl (C=O) groups is 1. The summed E-state index contributed by atoms with van der Waals surface area (Å²) in [5.41, 5.74) is 5.49. The molecule has 0 saturated heterocycles. The molecule has 0 aromatic heterocycles. The molecule has 0 aliphatic heterocycles. The lowest BCUT2D eigenvalue weighted by atomic mass is 9.64. The van der Waals surface area contributed by atoms with Crippen LogP contribution in [0, 0.1) is 5.41 Å². The molecule has 4 heteroatoms. The van der Waals surface area contributed by atoms with Crippen molar-refractivity contribution in [2.75, 3.05) is 7.11 Å². The van der Waals surface area contributed by atoms with E-state index >= 15 is 0 Å². The summed E-state index contributed by atoms with van der Waals surface area (Å²) in [6.45, 7) is 5.88. The molecule has 1 fully saturated rings. The Bertz CT molecular complexity index is 226. The molecule has 1 saturated carbocycles. The van der Waals surface area contributed by atoms with Gasteiger partial charge in [-0.2, -0.15) is 0 Å². The number of nitrogens with two attached hydrogens (primary N) is 1. The molecule has 0 heterocycles. The first-order valence-electron chi connectivity index (χ1n) is 4.98. The highest BCUT2D eigenvalue weighted by atomic mass is 16.5. The van der Waals surface area contributed by atoms with E-state index < -0.39 is 6.04 Å². The highest BCUT2D eigenvalue weighted by molar-refractivity contribution is 5.81. The second kappa shape index (κ2) is 3.87. The zero-order chi connectivity index (χ0) is 10.9. The van der Waals surface area contributed by atoms with Gasteiger partial charge in [-0.15, -0.1) is 0 Å². The van der Waals surface area contributed by atoms with Crippen LogP contribution in [0.1, 0.15) is 27.2 Å². The number of carbonyl (C=O) groups excluding carboxylic acids is 1. The van der Waals surface area contributed by atoms with Crippen LogP contribution in [-0.2, 0) is 9.53 Å². The number of hydrogen-bond acceptors (Lipinski definition) is 3. The second-order valence-corrected chi connectivity index (χ2v) is 4.63. The predicted octanol–water partition coefficient (Wildman–Crippen LogP) is 0.263.